The second-order valence-corrected chi connectivity index (χ2v) is 7.70. The van der Waals surface area contributed by atoms with Crippen LogP contribution in [-0.4, -0.2) is 37.9 Å². The number of fused-ring (bicyclic) bond motifs is 1. The first-order valence-corrected chi connectivity index (χ1v) is 10.1. The molecule has 4 rings (SSSR count). The molecule has 0 radical (unpaired) electrons. The number of hydrogen-bond donors (Lipinski definition) is 3. The molecule has 1 fully saturated rings. The maximum Gasteiger partial charge on any atom is 0.223 e. The summed E-state index contributed by atoms with van der Waals surface area (Å²) < 4.78 is 13.4. The minimum atomic E-state index is -0.489. The Kier molecular flexibility index (Phi) is 5.89. The number of amides is 1. The monoisotopic (exact) mass is 429 g/mol. The second-order valence-electron chi connectivity index (χ2n) is 7.30. The summed E-state index contributed by atoms with van der Waals surface area (Å²) >= 11 is 5.86. The molecular formula is C20H21ClFN7O. The number of nitrogens with zero attached hydrogens (tertiary/aromatic N) is 4. The molecule has 1 aliphatic carbocycles. The molecule has 8 nitrogen and oxygen atoms in total. The molecule has 3 N–H and O–H groups in total. The van der Waals surface area contributed by atoms with Gasteiger partial charge in [-0.1, -0.05) is 11.6 Å². The van der Waals surface area contributed by atoms with E-state index in [2.05, 4.69) is 35.9 Å². The van der Waals surface area contributed by atoms with Crippen LogP contribution in [0, 0.1) is 5.82 Å². The summed E-state index contributed by atoms with van der Waals surface area (Å²) in [5.74, 6) is 0.478. The number of rotatable bonds is 5. The zero-order valence-electron chi connectivity index (χ0n) is 16.3. The quantitative estimate of drug-likeness (QED) is 0.566. The van der Waals surface area contributed by atoms with Crippen molar-refractivity contribution in [3.05, 3.63) is 41.6 Å². The van der Waals surface area contributed by atoms with Crippen molar-refractivity contribution in [2.45, 2.75) is 44.7 Å². The van der Waals surface area contributed by atoms with Gasteiger partial charge in [-0.05, 0) is 43.9 Å². The Labute approximate surface area is 177 Å². The predicted octanol–water partition coefficient (Wildman–Crippen LogP) is 3.82. The number of carbonyl (C=O) groups is 1. The Morgan fingerprint density at radius 3 is 2.63 bits per heavy atom. The summed E-state index contributed by atoms with van der Waals surface area (Å²) in [7, 11) is 0. The third-order valence-corrected chi connectivity index (χ3v) is 5.32. The predicted molar refractivity (Wildman–Crippen MR) is 113 cm³/mol. The van der Waals surface area contributed by atoms with Crippen LogP contribution in [0.4, 0.5) is 21.8 Å². The van der Waals surface area contributed by atoms with E-state index in [0.29, 0.717) is 28.5 Å². The van der Waals surface area contributed by atoms with Crippen LogP contribution in [-0.2, 0) is 4.79 Å². The Hall–Kier alpha value is -3.07. The van der Waals surface area contributed by atoms with E-state index >= 15 is 0 Å². The fourth-order valence-electron chi connectivity index (χ4n) is 3.58. The average Bonchev–Trinajstić information content (AvgIpc) is 2.72. The molecular weight excluding hydrogens is 409 g/mol. The molecule has 0 bridgehead atoms. The first-order chi connectivity index (χ1) is 14.5. The van der Waals surface area contributed by atoms with Gasteiger partial charge in [0.1, 0.15) is 23.2 Å². The average molecular weight is 430 g/mol. The molecule has 1 aromatic carbocycles. The first kappa shape index (κ1) is 20.2. The van der Waals surface area contributed by atoms with Gasteiger partial charge in [0.2, 0.25) is 11.9 Å². The standard InChI is InChI=1S/C20H21ClFN7O/c1-11(30)26-12-2-4-13(5-3-12)28-20-23-9-17-18(29-20)19(25-10-24-17)27-14-6-7-16(22)15(21)8-14/h6-10,12-13H,2-5H2,1H3,(H,26,30)(H,23,28,29)(H,24,25,27). The van der Waals surface area contributed by atoms with Crippen molar-refractivity contribution < 1.29 is 9.18 Å². The van der Waals surface area contributed by atoms with Crippen molar-refractivity contribution in [2.24, 2.45) is 0 Å². The Morgan fingerprint density at radius 2 is 1.90 bits per heavy atom. The largest absolute Gasteiger partial charge is 0.354 e. The number of halogens is 2. The highest BCUT2D eigenvalue weighted by Gasteiger charge is 2.22. The summed E-state index contributed by atoms with van der Waals surface area (Å²) in [4.78, 5) is 28.6. The SMILES string of the molecule is CC(=O)NC1CCC(Nc2ncc3ncnc(Nc4ccc(F)c(Cl)c4)c3n2)CC1. The van der Waals surface area contributed by atoms with Crippen molar-refractivity contribution in [3.8, 4) is 0 Å². The van der Waals surface area contributed by atoms with Crippen LogP contribution in [0.1, 0.15) is 32.6 Å². The van der Waals surface area contributed by atoms with Gasteiger partial charge in [-0.3, -0.25) is 4.79 Å². The summed E-state index contributed by atoms with van der Waals surface area (Å²) in [5, 5.41) is 9.47. The van der Waals surface area contributed by atoms with Crippen LogP contribution in [0.15, 0.2) is 30.7 Å². The summed E-state index contributed by atoms with van der Waals surface area (Å²) in [6.07, 6.45) is 6.69. The van der Waals surface area contributed by atoms with E-state index in [9.17, 15) is 9.18 Å². The van der Waals surface area contributed by atoms with Gasteiger partial charge < -0.3 is 16.0 Å². The van der Waals surface area contributed by atoms with Crippen LogP contribution in [0.5, 0.6) is 0 Å². The van der Waals surface area contributed by atoms with E-state index < -0.39 is 5.82 Å². The molecule has 10 heteroatoms. The minimum Gasteiger partial charge on any atom is -0.354 e. The lowest BCUT2D eigenvalue weighted by Crippen LogP contribution is -2.39. The van der Waals surface area contributed by atoms with Crippen LogP contribution < -0.4 is 16.0 Å². The van der Waals surface area contributed by atoms with Crippen LogP contribution in [0.25, 0.3) is 11.0 Å². The lowest BCUT2D eigenvalue weighted by Gasteiger charge is -2.29. The van der Waals surface area contributed by atoms with Crippen LogP contribution in [0.2, 0.25) is 5.02 Å². The molecule has 156 valence electrons. The van der Waals surface area contributed by atoms with E-state index in [1.807, 2.05) is 0 Å². The lowest BCUT2D eigenvalue weighted by atomic mass is 9.91. The summed E-state index contributed by atoms with van der Waals surface area (Å²) in [6, 6.07) is 4.80. The van der Waals surface area contributed by atoms with E-state index in [1.54, 1.807) is 19.2 Å². The maximum atomic E-state index is 13.4. The fraction of sp³-hybridized carbons (Fsp3) is 0.350. The van der Waals surface area contributed by atoms with Gasteiger partial charge in [0, 0.05) is 24.7 Å². The normalized spacial score (nSPS) is 18.8. The van der Waals surface area contributed by atoms with Gasteiger partial charge in [-0.25, -0.2) is 24.3 Å². The maximum absolute atomic E-state index is 13.4. The molecule has 0 spiro atoms. The summed E-state index contributed by atoms with van der Waals surface area (Å²) in [6.45, 7) is 1.54. The van der Waals surface area contributed by atoms with E-state index in [1.165, 1.54) is 18.5 Å². The van der Waals surface area contributed by atoms with Gasteiger partial charge in [0.15, 0.2) is 5.82 Å². The number of hydrogen-bond acceptors (Lipinski definition) is 7. The number of nitrogens with one attached hydrogen (secondary N) is 3. The third-order valence-electron chi connectivity index (χ3n) is 5.03. The molecule has 1 amide bonds. The number of anilines is 3. The topological polar surface area (TPSA) is 105 Å². The number of carbonyl (C=O) groups excluding carboxylic acids is 1. The molecule has 3 aromatic rings. The number of benzene rings is 1. The molecule has 0 unspecified atom stereocenters. The summed E-state index contributed by atoms with van der Waals surface area (Å²) in [5.41, 5.74) is 1.72. The highest BCUT2D eigenvalue weighted by Crippen LogP contribution is 2.26. The van der Waals surface area contributed by atoms with Crippen molar-refractivity contribution in [3.63, 3.8) is 0 Å². The van der Waals surface area contributed by atoms with Crippen molar-refractivity contribution in [1.82, 2.24) is 25.3 Å². The Balaban J connectivity index is 1.50. The van der Waals surface area contributed by atoms with Gasteiger partial charge in [-0.15, -0.1) is 0 Å². The molecule has 30 heavy (non-hydrogen) atoms. The van der Waals surface area contributed by atoms with Crippen LogP contribution >= 0.6 is 11.6 Å². The number of aromatic nitrogens is 4. The Morgan fingerprint density at radius 1 is 1.13 bits per heavy atom. The highest BCUT2D eigenvalue weighted by atomic mass is 35.5. The molecule has 1 saturated carbocycles. The third kappa shape index (κ3) is 4.73. The zero-order chi connectivity index (χ0) is 21.1. The minimum absolute atomic E-state index is 0.00624. The van der Waals surface area contributed by atoms with Crippen molar-refractivity contribution in [2.75, 3.05) is 10.6 Å². The van der Waals surface area contributed by atoms with Crippen molar-refractivity contribution >= 4 is 46.0 Å². The van der Waals surface area contributed by atoms with E-state index in [0.717, 1.165) is 25.7 Å². The van der Waals surface area contributed by atoms with Gasteiger partial charge >= 0.3 is 0 Å². The van der Waals surface area contributed by atoms with E-state index in [4.69, 9.17) is 11.6 Å². The molecule has 0 atom stereocenters. The molecule has 0 saturated heterocycles. The highest BCUT2D eigenvalue weighted by molar-refractivity contribution is 6.31. The fourth-order valence-corrected chi connectivity index (χ4v) is 3.76. The first-order valence-electron chi connectivity index (χ1n) is 9.71. The zero-order valence-corrected chi connectivity index (χ0v) is 17.1. The van der Waals surface area contributed by atoms with Crippen LogP contribution in [0.3, 0.4) is 0 Å². The smallest absolute Gasteiger partial charge is 0.223 e. The Bertz CT molecular complexity index is 1070. The van der Waals surface area contributed by atoms with Gasteiger partial charge in [-0.2, -0.15) is 0 Å². The molecule has 1 aliphatic rings. The molecule has 2 aromatic heterocycles. The van der Waals surface area contributed by atoms with E-state index in [-0.39, 0.29) is 23.0 Å². The van der Waals surface area contributed by atoms with Gasteiger partial charge in [0.05, 0.1) is 11.2 Å². The lowest BCUT2D eigenvalue weighted by molar-refractivity contribution is -0.119. The second kappa shape index (κ2) is 8.74. The molecule has 2 heterocycles. The van der Waals surface area contributed by atoms with Crippen molar-refractivity contribution in [1.29, 1.82) is 0 Å². The molecule has 0 aliphatic heterocycles. The van der Waals surface area contributed by atoms with Gasteiger partial charge in [0.25, 0.3) is 0 Å².